The van der Waals surface area contributed by atoms with Crippen molar-refractivity contribution in [1.82, 2.24) is 20.5 Å². The predicted octanol–water partition coefficient (Wildman–Crippen LogP) is 3.61. The van der Waals surface area contributed by atoms with Crippen molar-refractivity contribution in [3.8, 4) is 0 Å². The predicted molar refractivity (Wildman–Crippen MR) is 130 cm³/mol. The first-order valence-electron chi connectivity index (χ1n) is 11.9. The lowest BCUT2D eigenvalue weighted by atomic mass is 9.79. The van der Waals surface area contributed by atoms with Crippen LogP contribution in [0.4, 0.5) is 13.2 Å². The Hall–Kier alpha value is -2.50. The SMILES string of the molecule is O=C(CNC(=O)c1cccc(C(F)(F)F)c1)N[C@@H]1CCN(C2CCC(O)(c3ccc(Br)cn3)CC2)C1. The Kier molecular flexibility index (Phi) is 8.01. The van der Waals surface area contributed by atoms with Gasteiger partial charge in [-0.1, -0.05) is 6.07 Å². The van der Waals surface area contributed by atoms with Gasteiger partial charge in [0.1, 0.15) is 5.60 Å². The zero-order valence-corrected chi connectivity index (χ0v) is 21.1. The number of rotatable bonds is 6. The number of carbonyl (C=O) groups is 2. The van der Waals surface area contributed by atoms with E-state index in [4.69, 9.17) is 0 Å². The largest absolute Gasteiger partial charge is 0.416 e. The number of hydrogen-bond acceptors (Lipinski definition) is 5. The van der Waals surface area contributed by atoms with Crippen molar-refractivity contribution in [3.05, 3.63) is 63.9 Å². The molecule has 11 heteroatoms. The Morgan fingerprint density at radius 3 is 2.58 bits per heavy atom. The van der Waals surface area contributed by atoms with Crippen LogP contribution in [0.3, 0.4) is 0 Å². The molecule has 2 fully saturated rings. The normalized spacial score (nSPS) is 24.9. The molecule has 2 amide bonds. The fourth-order valence-corrected chi connectivity index (χ4v) is 5.20. The molecule has 2 aliphatic rings. The molecule has 1 aromatic heterocycles. The van der Waals surface area contributed by atoms with Crippen molar-refractivity contribution in [2.45, 2.75) is 56.0 Å². The Balaban J connectivity index is 1.21. The van der Waals surface area contributed by atoms with Crippen molar-refractivity contribution >= 4 is 27.7 Å². The third-order valence-corrected chi connectivity index (χ3v) is 7.42. The number of amides is 2. The molecule has 2 heterocycles. The number of benzene rings is 1. The van der Waals surface area contributed by atoms with Gasteiger partial charge in [0.05, 0.1) is 17.8 Å². The number of halogens is 4. The molecule has 36 heavy (non-hydrogen) atoms. The highest BCUT2D eigenvalue weighted by molar-refractivity contribution is 9.10. The van der Waals surface area contributed by atoms with Crippen LogP contribution in [0.2, 0.25) is 0 Å². The number of aliphatic hydroxyl groups is 1. The highest BCUT2D eigenvalue weighted by atomic mass is 79.9. The van der Waals surface area contributed by atoms with E-state index in [-0.39, 0.29) is 24.1 Å². The summed E-state index contributed by atoms with van der Waals surface area (Å²) in [6.45, 7) is 1.18. The maximum absolute atomic E-state index is 12.9. The summed E-state index contributed by atoms with van der Waals surface area (Å²) in [7, 11) is 0. The monoisotopic (exact) mass is 568 g/mol. The van der Waals surface area contributed by atoms with E-state index in [1.54, 1.807) is 6.20 Å². The van der Waals surface area contributed by atoms with E-state index in [0.717, 1.165) is 48.5 Å². The zero-order chi connectivity index (χ0) is 25.9. The van der Waals surface area contributed by atoms with Gasteiger partial charge in [0, 0.05) is 41.4 Å². The third-order valence-electron chi connectivity index (χ3n) is 6.95. The van der Waals surface area contributed by atoms with Crippen LogP contribution in [0.25, 0.3) is 0 Å². The molecule has 0 spiro atoms. The molecule has 1 aromatic carbocycles. The molecule has 3 N–H and O–H groups in total. The van der Waals surface area contributed by atoms with E-state index in [9.17, 15) is 27.9 Å². The summed E-state index contributed by atoms with van der Waals surface area (Å²) < 4.78 is 39.4. The summed E-state index contributed by atoms with van der Waals surface area (Å²) >= 11 is 3.36. The maximum Gasteiger partial charge on any atom is 0.416 e. The molecule has 1 saturated carbocycles. The molecule has 0 unspecified atom stereocenters. The maximum atomic E-state index is 12.9. The van der Waals surface area contributed by atoms with Crippen molar-refractivity contribution in [1.29, 1.82) is 0 Å². The molecule has 2 aromatic rings. The summed E-state index contributed by atoms with van der Waals surface area (Å²) in [6, 6.07) is 8.04. The first-order valence-corrected chi connectivity index (χ1v) is 12.7. The fourth-order valence-electron chi connectivity index (χ4n) is 4.97. The molecular formula is C25H28BrF3N4O3. The number of aromatic nitrogens is 1. The van der Waals surface area contributed by atoms with Crippen molar-refractivity contribution < 1.29 is 27.9 Å². The van der Waals surface area contributed by atoms with Crippen molar-refractivity contribution in [2.24, 2.45) is 0 Å². The van der Waals surface area contributed by atoms with Gasteiger partial charge in [0.25, 0.3) is 5.91 Å². The van der Waals surface area contributed by atoms with Crippen molar-refractivity contribution in [2.75, 3.05) is 19.6 Å². The van der Waals surface area contributed by atoms with Gasteiger partial charge in [-0.15, -0.1) is 0 Å². The molecule has 1 aliphatic heterocycles. The molecule has 7 nitrogen and oxygen atoms in total. The van der Waals surface area contributed by atoms with E-state index >= 15 is 0 Å². The van der Waals surface area contributed by atoms with Crippen LogP contribution in [-0.4, -0.2) is 58.5 Å². The van der Waals surface area contributed by atoms with Gasteiger partial charge in [0.15, 0.2) is 0 Å². The number of nitrogens with zero attached hydrogens (tertiary/aromatic N) is 2. The Bertz CT molecular complexity index is 1090. The van der Waals surface area contributed by atoms with Gasteiger partial charge in [-0.2, -0.15) is 13.2 Å². The molecule has 1 saturated heterocycles. The lowest BCUT2D eigenvalue weighted by Crippen LogP contribution is -2.45. The van der Waals surface area contributed by atoms with Crippen LogP contribution in [0.5, 0.6) is 0 Å². The smallest absolute Gasteiger partial charge is 0.384 e. The number of pyridine rings is 1. The highest BCUT2D eigenvalue weighted by Gasteiger charge is 2.39. The van der Waals surface area contributed by atoms with Gasteiger partial charge >= 0.3 is 6.18 Å². The molecular weight excluding hydrogens is 541 g/mol. The standard InChI is InChI=1S/C25H28BrF3N4O3/c26-18-4-5-21(30-13-18)24(36)9-6-20(7-10-24)33-11-8-19(15-33)32-22(34)14-31-23(35)16-2-1-3-17(12-16)25(27,28)29/h1-5,12-13,19-20,36H,6-11,14-15H2,(H,31,35)(H,32,34)/t19-,20?,24?/m1/s1. The molecule has 4 rings (SSSR count). The number of alkyl halides is 3. The summed E-state index contributed by atoms with van der Waals surface area (Å²) in [5.41, 5.74) is -1.31. The summed E-state index contributed by atoms with van der Waals surface area (Å²) in [4.78, 5) is 31.2. The van der Waals surface area contributed by atoms with Gasteiger partial charge in [-0.05, 0) is 78.4 Å². The topological polar surface area (TPSA) is 94.6 Å². The van der Waals surface area contributed by atoms with Crippen LogP contribution in [0, 0.1) is 0 Å². The number of hydrogen-bond donors (Lipinski definition) is 3. The fraction of sp³-hybridized carbons (Fsp3) is 0.480. The minimum Gasteiger partial charge on any atom is -0.384 e. The second-order valence-corrected chi connectivity index (χ2v) is 10.3. The molecule has 1 atom stereocenters. The van der Waals surface area contributed by atoms with E-state index in [2.05, 4.69) is 36.4 Å². The van der Waals surface area contributed by atoms with Crippen molar-refractivity contribution in [3.63, 3.8) is 0 Å². The lowest BCUT2D eigenvalue weighted by Gasteiger charge is -2.39. The van der Waals surface area contributed by atoms with Crippen LogP contribution in [0.15, 0.2) is 47.1 Å². The number of nitrogens with one attached hydrogen (secondary N) is 2. The van der Waals surface area contributed by atoms with E-state index in [0.29, 0.717) is 31.1 Å². The Morgan fingerprint density at radius 2 is 1.92 bits per heavy atom. The quantitative estimate of drug-likeness (QED) is 0.495. The van der Waals surface area contributed by atoms with Gasteiger partial charge in [-0.3, -0.25) is 19.5 Å². The lowest BCUT2D eigenvalue weighted by molar-refractivity contribution is -0.137. The average molecular weight is 569 g/mol. The number of carbonyl (C=O) groups excluding carboxylic acids is 2. The molecule has 1 aliphatic carbocycles. The molecule has 0 radical (unpaired) electrons. The van der Waals surface area contributed by atoms with Crippen LogP contribution in [-0.2, 0) is 16.6 Å². The second kappa shape index (κ2) is 10.9. The van der Waals surface area contributed by atoms with E-state index in [1.165, 1.54) is 6.07 Å². The highest BCUT2D eigenvalue weighted by Crippen LogP contribution is 2.38. The van der Waals surface area contributed by atoms with Gasteiger partial charge < -0.3 is 15.7 Å². The Morgan fingerprint density at radius 1 is 1.17 bits per heavy atom. The zero-order valence-electron chi connectivity index (χ0n) is 19.5. The number of likely N-dealkylation sites (tertiary alicyclic amines) is 1. The van der Waals surface area contributed by atoms with Crippen LogP contribution in [0.1, 0.15) is 53.7 Å². The second-order valence-electron chi connectivity index (χ2n) is 9.43. The van der Waals surface area contributed by atoms with Crippen LogP contribution >= 0.6 is 15.9 Å². The average Bonchev–Trinajstić information content (AvgIpc) is 3.31. The minimum absolute atomic E-state index is 0.0723. The third kappa shape index (κ3) is 6.43. The van der Waals surface area contributed by atoms with Crippen LogP contribution < -0.4 is 10.6 Å². The summed E-state index contributed by atoms with van der Waals surface area (Å²) in [5.74, 6) is -1.12. The van der Waals surface area contributed by atoms with E-state index in [1.807, 2.05) is 12.1 Å². The van der Waals surface area contributed by atoms with E-state index < -0.39 is 23.2 Å². The summed E-state index contributed by atoms with van der Waals surface area (Å²) in [5, 5.41) is 16.3. The molecule has 0 bridgehead atoms. The molecule has 194 valence electrons. The Labute approximate surface area is 215 Å². The first-order chi connectivity index (χ1) is 17.0. The van der Waals surface area contributed by atoms with Gasteiger partial charge in [0.2, 0.25) is 5.91 Å². The minimum atomic E-state index is -4.55. The summed E-state index contributed by atoms with van der Waals surface area (Å²) in [6.07, 6.45) is 0.777. The van der Waals surface area contributed by atoms with Gasteiger partial charge in [-0.25, -0.2) is 0 Å². The first kappa shape index (κ1) is 26.6.